The summed E-state index contributed by atoms with van der Waals surface area (Å²) >= 11 is 1.78. The lowest BCUT2D eigenvalue weighted by molar-refractivity contribution is -0.136. The van der Waals surface area contributed by atoms with Crippen LogP contribution in [-0.2, 0) is 6.54 Å². The molecule has 0 atom stereocenters. The predicted molar refractivity (Wildman–Crippen MR) is 56.6 cm³/mol. The number of aromatic nitrogens is 2. The highest BCUT2D eigenvalue weighted by molar-refractivity contribution is 14.1. The van der Waals surface area contributed by atoms with Gasteiger partial charge < -0.3 is 0 Å². The Bertz CT molecular complexity index is 413. The van der Waals surface area contributed by atoms with Gasteiger partial charge in [-0.3, -0.25) is 9.36 Å². The number of hydrogen-bond donors (Lipinski definition) is 0. The van der Waals surface area contributed by atoms with E-state index in [2.05, 4.69) is 4.98 Å². The molecule has 0 aliphatic heterocycles. The van der Waals surface area contributed by atoms with Gasteiger partial charge in [-0.25, -0.2) is 4.98 Å². The molecule has 0 aliphatic carbocycles. The molecule has 15 heavy (non-hydrogen) atoms. The number of rotatable bonds is 2. The molecule has 0 amide bonds. The van der Waals surface area contributed by atoms with Crippen molar-refractivity contribution < 1.29 is 13.2 Å². The van der Waals surface area contributed by atoms with Crippen LogP contribution in [0.25, 0.3) is 0 Å². The zero-order valence-corrected chi connectivity index (χ0v) is 9.96. The Morgan fingerprint density at radius 3 is 2.67 bits per heavy atom. The second-order valence-electron chi connectivity index (χ2n) is 3.01. The maximum atomic E-state index is 11.9. The van der Waals surface area contributed by atoms with Crippen LogP contribution in [0.1, 0.15) is 12.1 Å². The molecule has 7 heteroatoms. The van der Waals surface area contributed by atoms with Gasteiger partial charge in [0.1, 0.15) is 0 Å². The summed E-state index contributed by atoms with van der Waals surface area (Å²) in [4.78, 5) is 15.3. The van der Waals surface area contributed by atoms with Crippen LogP contribution >= 0.6 is 22.6 Å². The van der Waals surface area contributed by atoms with Crippen molar-refractivity contribution in [3.63, 3.8) is 0 Å². The van der Waals surface area contributed by atoms with Crippen molar-refractivity contribution in [3.05, 3.63) is 25.9 Å². The summed E-state index contributed by atoms with van der Waals surface area (Å²) in [5.74, 6) is 0. The van der Waals surface area contributed by atoms with E-state index < -0.39 is 18.2 Å². The first kappa shape index (κ1) is 12.5. The fourth-order valence-electron chi connectivity index (χ4n) is 0.953. The van der Waals surface area contributed by atoms with Crippen molar-refractivity contribution in [3.8, 4) is 0 Å². The quantitative estimate of drug-likeness (QED) is 0.778. The Morgan fingerprint density at radius 2 is 2.13 bits per heavy atom. The normalized spacial score (nSPS) is 11.8. The average Bonchev–Trinajstić information content (AvgIpc) is 2.12. The van der Waals surface area contributed by atoms with E-state index in [0.29, 0.717) is 9.26 Å². The van der Waals surface area contributed by atoms with E-state index in [0.717, 1.165) is 10.9 Å². The second-order valence-corrected chi connectivity index (χ2v) is 4.09. The monoisotopic (exact) mass is 332 g/mol. The van der Waals surface area contributed by atoms with Gasteiger partial charge in [-0.15, -0.1) is 0 Å². The van der Waals surface area contributed by atoms with Crippen LogP contribution in [-0.4, -0.2) is 15.7 Å². The zero-order valence-electron chi connectivity index (χ0n) is 7.81. The van der Waals surface area contributed by atoms with Gasteiger partial charge in [-0.2, -0.15) is 13.2 Å². The highest BCUT2D eigenvalue weighted by Crippen LogP contribution is 2.19. The molecule has 0 saturated heterocycles. The van der Waals surface area contributed by atoms with Gasteiger partial charge in [0.05, 0.1) is 22.0 Å². The number of halogens is 4. The molecule has 1 heterocycles. The molecule has 0 spiro atoms. The highest BCUT2D eigenvalue weighted by atomic mass is 127. The first-order valence-corrected chi connectivity index (χ1v) is 5.17. The Hall–Kier alpha value is -0.600. The first-order chi connectivity index (χ1) is 6.81. The molecular formula is C8H8F3IN2O. The lowest BCUT2D eigenvalue weighted by atomic mass is 10.4. The molecule has 1 aromatic heterocycles. The van der Waals surface area contributed by atoms with E-state index in [1.165, 1.54) is 0 Å². The van der Waals surface area contributed by atoms with E-state index in [9.17, 15) is 18.0 Å². The maximum Gasteiger partial charge on any atom is 0.390 e. The molecule has 0 unspecified atom stereocenters. The van der Waals surface area contributed by atoms with Crippen LogP contribution < -0.4 is 5.56 Å². The summed E-state index contributed by atoms with van der Waals surface area (Å²) in [6.07, 6.45) is -4.13. The molecule has 3 nitrogen and oxygen atoms in total. The molecule has 0 radical (unpaired) electrons. The predicted octanol–water partition coefficient (Wildman–Crippen LogP) is 2.11. The standard InChI is InChI=1S/C8H8F3IN2O/c1-5-6(12)7(15)14(4-13-5)3-2-8(9,10)11/h4H,2-3H2,1H3. The minimum Gasteiger partial charge on any atom is -0.298 e. The van der Waals surface area contributed by atoms with Crippen LogP contribution in [0.4, 0.5) is 13.2 Å². The van der Waals surface area contributed by atoms with E-state index in [1.54, 1.807) is 29.5 Å². The van der Waals surface area contributed by atoms with Crippen molar-refractivity contribution in [1.82, 2.24) is 9.55 Å². The topological polar surface area (TPSA) is 34.9 Å². The Labute approximate surface area is 97.5 Å². The molecule has 84 valence electrons. The van der Waals surface area contributed by atoms with Gasteiger partial charge in [0.25, 0.3) is 5.56 Å². The van der Waals surface area contributed by atoms with Crippen LogP contribution in [0.5, 0.6) is 0 Å². The summed E-state index contributed by atoms with van der Waals surface area (Å²) in [5.41, 5.74) is 0.108. The zero-order chi connectivity index (χ0) is 11.6. The number of aryl methyl sites for hydroxylation is 2. The van der Waals surface area contributed by atoms with Gasteiger partial charge in [-0.1, -0.05) is 0 Å². The first-order valence-electron chi connectivity index (χ1n) is 4.09. The minimum absolute atomic E-state index is 0.359. The van der Waals surface area contributed by atoms with Crippen LogP contribution in [0, 0.1) is 10.5 Å². The van der Waals surface area contributed by atoms with E-state index >= 15 is 0 Å². The Balaban J connectivity index is 2.89. The third kappa shape index (κ3) is 3.47. The molecule has 1 aromatic rings. The lowest BCUT2D eigenvalue weighted by Gasteiger charge is -2.08. The molecular weight excluding hydrogens is 324 g/mol. The van der Waals surface area contributed by atoms with Crippen LogP contribution in [0.15, 0.2) is 11.1 Å². The highest BCUT2D eigenvalue weighted by Gasteiger charge is 2.26. The summed E-state index contributed by atoms with van der Waals surface area (Å²) < 4.78 is 37.1. The van der Waals surface area contributed by atoms with Crippen molar-refractivity contribution in [2.24, 2.45) is 0 Å². The average molecular weight is 332 g/mol. The Kier molecular flexibility index (Phi) is 3.74. The van der Waals surface area contributed by atoms with Crippen molar-refractivity contribution in [2.45, 2.75) is 26.1 Å². The van der Waals surface area contributed by atoms with Crippen LogP contribution in [0.3, 0.4) is 0 Å². The summed E-state index contributed by atoms with van der Waals surface area (Å²) in [6, 6.07) is 0. The van der Waals surface area contributed by atoms with Gasteiger partial charge >= 0.3 is 6.18 Å². The minimum atomic E-state index is -4.25. The SMILES string of the molecule is Cc1ncn(CCC(F)(F)F)c(=O)c1I. The molecule has 0 aliphatic rings. The van der Waals surface area contributed by atoms with Crippen molar-refractivity contribution >= 4 is 22.6 Å². The van der Waals surface area contributed by atoms with E-state index in [4.69, 9.17) is 0 Å². The van der Waals surface area contributed by atoms with E-state index in [1.807, 2.05) is 0 Å². The molecule has 0 bridgehead atoms. The lowest BCUT2D eigenvalue weighted by Crippen LogP contribution is -2.26. The summed E-state index contributed by atoms with van der Waals surface area (Å²) in [6.45, 7) is 1.25. The number of nitrogens with zero attached hydrogens (tertiary/aromatic N) is 2. The van der Waals surface area contributed by atoms with Crippen LogP contribution in [0.2, 0.25) is 0 Å². The third-order valence-electron chi connectivity index (χ3n) is 1.79. The van der Waals surface area contributed by atoms with E-state index in [-0.39, 0.29) is 6.54 Å². The molecule has 0 saturated carbocycles. The summed E-state index contributed by atoms with van der Waals surface area (Å²) in [5, 5.41) is 0. The van der Waals surface area contributed by atoms with Gasteiger partial charge in [0.15, 0.2) is 0 Å². The van der Waals surface area contributed by atoms with Gasteiger partial charge in [0.2, 0.25) is 0 Å². The fourth-order valence-corrected chi connectivity index (χ4v) is 1.40. The Morgan fingerprint density at radius 1 is 1.53 bits per heavy atom. The maximum absolute atomic E-state index is 11.9. The molecule has 1 rings (SSSR count). The third-order valence-corrected chi connectivity index (χ3v) is 3.04. The molecule has 0 aromatic carbocycles. The fraction of sp³-hybridized carbons (Fsp3) is 0.500. The number of hydrogen-bond acceptors (Lipinski definition) is 2. The summed E-state index contributed by atoms with van der Waals surface area (Å²) in [7, 11) is 0. The van der Waals surface area contributed by atoms with Gasteiger partial charge in [-0.05, 0) is 29.5 Å². The smallest absolute Gasteiger partial charge is 0.298 e. The second kappa shape index (κ2) is 4.50. The van der Waals surface area contributed by atoms with Crippen molar-refractivity contribution in [1.29, 1.82) is 0 Å². The molecule has 0 fully saturated rings. The number of alkyl halides is 3. The molecule has 0 N–H and O–H groups in total. The largest absolute Gasteiger partial charge is 0.390 e. The van der Waals surface area contributed by atoms with Gasteiger partial charge in [0, 0.05) is 6.54 Å². The van der Waals surface area contributed by atoms with Crippen molar-refractivity contribution in [2.75, 3.05) is 0 Å².